The fourth-order valence-corrected chi connectivity index (χ4v) is 3.47. The van der Waals surface area contributed by atoms with E-state index >= 15 is 4.39 Å². The van der Waals surface area contributed by atoms with Crippen LogP contribution in [0.3, 0.4) is 0 Å². The van der Waals surface area contributed by atoms with Crippen molar-refractivity contribution in [3.63, 3.8) is 0 Å². The fourth-order valence-electron chi connectivity index (χ4n) is 3.47. The molecule has 1 aromatic carbocycles. The van der Waals surface area contributed by atoms with E-state index in [1.54, 1.807) is 10.7 Å². The van der Waals surface area contributed by atoms with Crippen LogP contribution in [0.4, 0.5) is 10.2 Å². The van der Waals surface area contributed by atoms with E-state index in [-0.39, 0.29) is 13.0 Å². The molecule has 1 fully saturated rings. The van der Waals surface area contributed by atoms with E-state index in [2.05, 4.69) is 16.0 Å². The molecule has 2 aromatic heterocycles. The molecular weight excluding hydrogens is 367 g/mol. The topological polar surface area (TPSA) is 53.7 Å². The minimum atomic E-state index is -1.66. The molecule has 3 aromatic rings. The van der Waals surface area contributed by atoms with Gasteiger partial charge in [-0.1, -0.05) is 31.9 Å². The highest BCUT2D eigenvalue weighted by Gasteiger charge is 2.49. The van der Waals surface area contributed by atoms with E-state index in [9.17, 15) is 5.11 Å². The van der Waals surface area contributed by atoms with Gasteiger partial charge in [-0.3, -0.25) is 0 Å². The summed E-state index contributed by atoms with van der Waals surface area (Å²) >= 11 is 0. The van der Waals surface area contributed by atoms with E-state index in [1.807, 2.05) is 55.1 Å². The molecule has 1 aliphatic rings. The monoisotopic (exact) mass is 394 g/mol. The Hall–Kier alpha value is -2.91. The smallest absolute Gasteiger partial charge is 0.157 e. The lowest BCUT2D eigenvalue weighted by atomic mass is 9.87. The van der Waals surface area contributed by atoms with Crippen LogP contribution in [0.2, 0.25) is 0 Å². The number of anilines is 1. The predicted octanol–water partition coefficient (Wildman–Crippen LogP) is 4.09. The normalized spacial score (nSPS) is 19.0. The average molecular weight is 394 g/mol. The van der Waals surface area contributed by atoms with Crippen molar-refractivity contribution in [2.75, 3.05) is 18.0 Å². The first kappa shape index (κ1) is 20.8. The molecule has 1 aliphatic heterocycles. The fraction of sp³-hybridized carbons (Fsp3) is 0.391. The summed E-state index contributed by atoms with van der Waals surface area (Å²) in [6, 6.07) is 11.3. The van der Waals surface area contributed by atoms with Crippen LogP contribution < -0.4 is 4.90 Å². The summed E-state index contributed by atoms with van der Waals surface area (Å²) in [4.78, 5) is 6.26. The van der Waals surface area contributed by atoms with Gasteiger partial charge in [0.2, 0.25) is 0 Å². The molecule has 6 heteroatoms. The molecule has 1 N–H and O–H groups in total. The minimum Gasteiger partial charge on any atom is -0.387 e. The lowest BCUT2D eigenvalue weighted by Crippen LogP contribution is -2.48. The zero-order chi connectivity index (χ0) is 21.2. The molecule has 1 unspecified atom stereocenters. The highest BCUT2D eigenvalue weighted by atomic mass is 19.1. The lowest BCUT2D eigenvalue weighted by molar-refractivity contribution is -0.0649. The Morgan fingerprint density at radius 2 is 2.00 bits per heavy atom. The number of hydrogen-bond donors (Lipinski definition) is 1. The van der Waals surface area contributed by atoms with Gasteiger partial charge in [-0.05, 0) is 38.1 Å². The molecule has 0 saturated carbocycles. The van der Waals surface area contributed by atoms with Crippen molar-refractivity contribution in [2.45, 2.75) is 45.4 Å². The van der Waals surface area contributed by atoms with Crippen LogP contribution in [0.1, 0.15) is 39.7 Å². The first-order valence-corrected chi connectivity index (χ1v) is 9.89. The third kappa shape index (κ3) is 3.83. The van der Waals surface area contributed by atoms with Gasteiger partial charge >= 0.3 is 0 Å². The van der Waals surface area contributed by atoms with Crippen LogP contribution in [-0.4, -0.2) is 44.1 Å². The first-order valence-electron chi connectivity index (χ1n) is 9.89. The maximum Gasteiger partial charge on any atom is 0.157 e. The number of aromatic nitrogens is 3. The van der Waals surface area contributed by atoms with Crippen molar-refractivity contribution in [1.29, 1.82) is 0 Å². The highest BCUT2D eigenvalue weighted by molar-refractivity contribution is 5.65. The molecule has 5 nitrogen and oxygen atoms in total. The quantitative estimate of drug-likeness (QED) is 0.680. The molecule has 0 bridgehead atoms. The van der Waals surface area contributed by atoms with Crippen molar-refractivity contribution in [2.24, 2.45) is 0 Å². The van der Waals surface area contributed by atoms with Crippen molar-refractivity contribution in [3.05, 3.63) is 48.2 Å². The summed E-state index contributed by atoms with van der Waals surface area (Å²) in [5, 5.41) is 14.8. The van der Waals surface area contributed by atoms with E-state index in [0.29, 0.717) is 18.0 Å². The van der Waals surface area contributed by atoms with Crippen LogP contribution in [0.15, 0.2) is 42.6 Å². The first-order chi connectivity index (χ1) is 13.8. The van der Waals surface area contributed by atoms with Crippen LogP contribution >= 0.6 is 0 Å². The van der Waals surface area contributed by atoms with Gasteiger partial charge in [0.15, 0.2) is 11.3 Å². The summed E-state index contributed by atoms with van der Waals surface area (Å²) in [6.45, 7) is 7.63. The molecule has 0 amide bonds. The predicted molar refractivity (Wildman–Crippen MR) is 115 cm³/mol. The number of alkyl halides is 1. The van der Waals surface area contributed by atoms with Crippen LogP contribution in [0, 0.1) is 12.3 Å². The van der Waals surface area contributed by atoms with Crippen LogP contribution in [0.5, 0.6) is 0 Å². The second-order valence-corrected chi connectivity index (χ2v) is 7.53. The number of terminal acetylenes is 1. The maximum atomic E-state index is 15.1. The largest absolute Gasteiger partial charge is 0.387 e. The second-order valence-electron chi connectivity index (χ2n) is 7.53. The van der Waals surface area contributed by atoms with Crippen molar-refractivity contribution < 1.29 is 9.50 Å². The number of aliphatic hydroxyl groups is 1. The van der Waals surface area contributed by atoms with Gasteiger partial charge in [0.1, 0.15) is 5.82 Å². The standard InChI is InChI=1S/C21H21FN4O.C2H6/c1-4-15-6-5-7-16(12-15)17-13-23-18-8-9-19(24-26(17)18)25-11-10-21(22,14-25)20(2,3)27;1-2/h1,5-9,12-13,27H,10-11,14H2,2-3H3;1-2H3. The van der Waals surface area contributed by atoms with E-state index in [1.165, 1.54) is 13.8 Å². The zero-order valence-corrected chi connectivity index (χ0v) is 17.4. The Labute approximate surface area is 171 Å². The SMILES string of the molecule is C#Cc1cccc(-c2cnc3ccc(N4CCC(F)(C(C)(C)O)C4)nn23)c1.CC. The molecular formula is C23H27FN4O. The zero-order valence-electron chi connectivity index (χ0n) is 17.4. The summed E-state index contributed by atoms with van der Waals surface area (Å²) in [6.07, 6.45) is 7.51. The van der Waals surface area contributed by atoms with Gasteiger partial charge in [-0.15, -0.1) is 11.5 Å². The number of hydrogen-bond acceptors (Lipinski definition) is 4. The molecule has 1 saturated heterocycles. The molecule has 3 heterocycles. The number of benzene rings is 1. The van der Waals surface area contributed by atoms with Crippen molar-refractivity contribution in [3.8, 4) is 23.6 Å². The Balaban J connectivity index is 0.00000117. The average Bonchev–Trinajstić information content (AvgIpc) is 3.33. The molecule has 1 atom stereocenters. The van der Waals surface area contributed by atoms with Gasteiger partial charge in [0.25, 0.3) is 0 Å². The molecule has 0 spiro atoms. The van der Waals surface area contributed by atoms with Crippen molar-refractivity contribution in [1.82, 2.24) is 14.6 Å². The number of fused-ring (bicyclic) bond motifs is 1. The molecule has 0 radical (unpaired) electrons. The van der Waals surface area contributed by atoms with Crippen LogP contribution in [-0.2, 0) is 0 Å². The number of imidazole rings is 1. The van der Waals surface area contributed by atoms with Gasteiger partial charge < -0.3 is 10.0 Å². The summed E-state index contributed by atoms with van der Waals surface area (Å²) in [7, 11) is 0. The Kier molecular flexibility index (Phi) is 5.63. The molecule has 152 valence electrons. The molecule has 0 aliphatic carbocycles. The number of rotatable bonds is 3. The molecule has 29 heavy (non-hydrogen) atoms. The second kappa shape index (κ2) is 7.84. The highest BCUT2D eigenvalue weighted by Crippen LogP contribution is 2.37. The summed E-state index contributed by atoms with van der Waals surface area (Å²) in [5.74, 6) is 3.28. The van der Waals surface area contributed by atoms with E-state index < -0.39 is 11.3 Å². The Morgan fingerprint density at radius 1 is 1.24 bits per heavy atom. The van der Waals surface area contributed by atoms with Crippen LogP contribution in [0.25, 0.3) is 16.9 Å². The van der Waals surface area contributed by atoms with Crippen molar-refractivity contribution >= 4 is 11.5 Å². The summed E-state index contributed by atoms with van der Waals surface area (Å²) < 4.78 is 16.8. The third-order valence-corrected chi connectivity index (χ3v) is 5.31. The number of nitrogens with zero attached hydrogens (tertiary/aromatic N) is 4. The number of halogens is 1. The van der Waals surface area contributed by atoms with E-state index in [0.717, 1.165) is 16.8 Å². The summed E-state index contributed by atoms with van der Waals surface area (Å²) in [5.41, 5.74) is 0.153. The Bertz CT molecular complexity index is 1050. The van der Waals surface area contributed by atoms with Gasteiger partial charge in [0, 0.05) is 24.1 Å². The maximum absolute atomic E-state index is 15.1. The Morgan fingerprint density at radius 3 is 2.66 bits per heavy atom. The van der Waals surface area contributed by atoms with E-state index in [4.69, 9.17) is 6.42 Å². The lowest BCUT2D eigenvalue weighted by Gasteiger charge is -2.32. The molecule has 4 rings (SSSR count). The minimum absolute atomic E-state index is 0.103. The third-order valence-electron chi connectivity index (χ3n) is 5.31. The van der Waals surface area contributed by atoms with Gasteiger partial charge in [0.05, 0.1) is 24.0 Å². The van der Waals surface area contributed by atoms with Gasteiger partial charge in [-0.25, -0.2) is 13.9 Å². The van der Waals surface area contributed by atoms with Gasteiger partial charge in [-0.2, -0.15) is 0 Å².